The number of rotatable bonds is 8. The number of piperidine rings is 1. The Morgan fingerprint density at radius 3 is 2.35 bits per heavy atom. The van der Waals surface area contributed by atoms with Crippen LogP contribution < -0.4 is 5.32 Å². The third kappa shape index (κ3) is 6.20. The molecule has 4 rings (SSSR count). The van der Waals surface area contributed by atoms with E-state index in [9.17, 15) is 9.59 Å². The molecule has 37 heavy (non-hydrogen) atoms. The lowest BCUT2D eigenvalue weighted by molar-refractivity contribution is -0.125. The molecule has 8 nitrogen and oxygen atoms in total. The van der Waals surface area contributed by atoms with Crippen LogP contribution in [0.3, 0.4) is 0 Å². The van der Waals surface area contributed by atoms with Crippen LogP contribution in [0.5, 0.6) is 0 Å². The maximum atomic E-state index is 13.3. The van der Waals surface area contributed by atoms with Crippen LogP contribution in [0.4, 0.5) is 4.79 Å². The Labute approximate surface area is 222 Å². The van der Waals surface area contributed by atoms with Gasteiger partial charge in [0, 0.05) is 39.1 Å². The summed E-state index contributed by atoms with van der Waals surface area (Å²) in [6.45, 7) is 21.0. The molecule has 3 atom stereocenters. The van der Waals surface area contributed by atoms with Gasteiger partial charge in [-0.05, 0) is 65.0 Å². The first-order chi connectivity index (χ1) is 17.1. The van der Waals surface area contributed by atoms with Crippen molar-refractivity contribution in [2.75, 3.05) is 19.7 Å². The van der Waals surface area contributed by atoms with Crippen molar-refractivity contribution in [2.45, 2.75) is 85.1 Å². The Morgan fingerprint density at radius 1 is 1.11 bits per heavy atom. The Morgan fingerprint density at radius 2 is 1.76 bits per heavy atom. The number of nitrogens with one attached hydrogen (secondary N) is 1. The average Bonchev–Trinajstić information content (AvgIpc) is 3.07. The summed E-state index contributed by atoms with van der Waals surface area (Å²) in [5.74, 6) is 0.350. The summed E-state index contributed by atoms with van der Waals surface area (Å²) in [4.78, 5) is 27.5. The number of carbonyl (C=O) groups excluding carboxylic acids is 2. The number of fused-ring (bicyclic) bond motifs is 2. The predicted octanol–water partition coefficient (Wildman–Crippen LogP) is 5.12. The molecule has 2 aromatic rings. The molecule has 1 saturated heterocycles. The van der Waals surface area contributed by atoms with E-state index in [1.165, 1.54) is 0 Å². The molecule has 1 aliphatic heterocycles. The molecule has 0 unspecified atom stereocenters. The van der Waals surface area contributed by atoms with Crippen molar-refractivity contribution >= 4 is 31.0 Å². The summed E-state index contributed by atoms with van der Waals surface area (Å²) in [7, 11) is -1.17. The van der Waals surface area contributed by atoms with Crippen molar-refractivity contribution < 1.29 is 19.1 Å². The molecule has 0 radical (unpaired) electrons. The first kappa shape index (κ1) is 27.6. The van der Waals surface area contributed by atoms with E-state index in [0.717, 1.165) is 34.8 Å². The molecule has 0 spiro atoms. The lowest BCUT2D eigenvalue weighted by Gasteiger charge is -2.27. The van der Waals surface area contributed by atoms with Crippen LogP contribution in [0.1, 0.15) is 45.9 Å². The fourth-order valence-electron chi connectivity index (χ4n) is 5.34. The normalized spacial score (nSPS) is 21.8. The second-order valence-corrected chi connectivity index (χ2v) is 19.1. The maximum absolute atomic E-state index is 13.3. The summed E-state index contributed by atoms with van der Waals surface area (Å²) in [5.41, 5.74) is 1.84. The summed E-state index contributed by atoms with van der Waals surface area (Å²) < 4.78 is 13.5. The molecular weight excluding hydrogens is 484 g/mol. The second kappa shape index (κ2) is 9.73. The van der Waals surface area contributed by atoms with E-state index in [0.29, 0.717) is 19.8 Å². The summed E-state index contributed by atoms with van der Waals surface area (Å²) in [6.07, 6.45) is -0.293. The summed E-state index contributed by atoms with van der Waals surface area (Å²) >= 11 is 0. The van der Waals surface area contributed by atoms with E-state index < -0.39 is 19.2 Å². The molecular formula is C28H44N4O4Si. The highest BCUT2D eigenvalue weighted by atomic mass is 28.3. The zero-order valence-electron chi connectivity index (χ0n) is 24.0. The highest BCUT2D eigenvalue weighted by molar-refractivity contribution is 6.76. The zero-order chi connectivity index (χ0) is 27.3. The van der Waals surface area contributed by atoms with Crippen molar-refractivity contribution in [2.24, 2.45) is 17.8 Å². The number of hydrogen-bond acceptors (Lipinski definition) is 5. The van der Waals surface area contributed by atoms with Crippen LogP contribution in [0.15, 0.2) is 18.2 Å². The van der Waals surface area contributed by atoms with Crippen molar-refractivity contribution in [1.29, 1.82) is 0 Å². The van der Waals surface area contributed by atoms with Gasteiger partial charge in [-0.25, -0.2) is 9.48 Å². The van der Waals surface area contributed by atoms with Gasteiger partial charge in [-0.1, -0.05) is 37.8 Å². The third-order valence-corrected chi connectivity index (χ3v) is 9.06. The molecule has 1 saturated carbocycles. The molecule has 2 aliphatic rings. The maximum Gasteiger partial charge on any atom is 0.410 e. The van der Waals surface area contributed by atoms with Gasteiger partial charge >= 0.3 is 6.09 Å². The van der Waals surface area contributed by atoms with Gasteiger partial charge in [0.25, 0.3) is 0 Å². The number of amides is 2. The Balaban J connectivity index is 1.43. The number of ether oxygens (including phenoxy) is 2. The molecule has 204 valence electrons. The monoisotopic (exact) mass is 528 g/mol. The van der Waals surface area contributed by atoms with Crippen LogP contribution in [0, 0.1) is 24.7 Å². The molecule has 2 fully saturated rings. The Bertz CT molecular complexity index is 1170. The molecule has 0 bridgehead atoms. The van der Waals surface area contributed by atoms with Gasteiger partial charge in [-0.3, -0.25) is 4.79 Å². The van der Waals surface area contributed by atoms with Gasteiger partial charge in [0.1, 0.15) is 12.3 Å². The minimum atomic E-state index is -1.17. The predicted molar refractivity (Wildman–Crippen MR) is 148 cm³/mol. The smallest absolute Gasteiger partial charge is 0.410 e. The summed E-state index contributed by atoms with van der Waals surface area (Å²) in [6, 6.07) is 7.30. The number of benzene rings is 1. The standard InChI is InChI=1S/C28H44N4O4Si/c1-18-11-10-12-19-23(18)32(17-35-13-14-37(7,8)9)30-24(19)28(5,6)29-25(33)22-20-15-31(16-21(20)22)26(34)36-27(2,3)4/h10-12,20-22H,13-17H2,1-9H3,(H,29,33)/t20-,21+,22+. The fourth-order valence-corrected chi connectivity index (χ4v) is 6.10. The number of likely N-dealkylation sites (tertiary alicyclic amines) is 1. The number of para-hydroxylation sites is 1. The van der Waals surface area contributed by atoms with E-state index >= 15 is 0 Å². The zero-order valence-corrected chi connectivity index (χ0v) is 25.0. The molecule has 1 N–H and O–H groups in total. The SMILES string of the molecule is Cc1cccc2c(C(C)(C)NC(=O)[C@H]3[C@@H]4CN(C(=O)OC(C)(C)C)C[C@@H]43)nn(COCC[Si](C)(C)C)c12. The van der Waals surface area contributed by atoms with Crippen molar-refractivity contribution in [3.8, 4) is 0 Å². The Hall–Kier alpha value is -2.39. The number of carbonyl (C=O) groups is 2. The molecule has 1 aromatic heterocycles. The van der Waals surface area contributed by atoms with E-state index in [1.54, 1.807) is 4.90 Å². The highest BCUT2D eigenvalue weighted by Gasteiger charge is 2.61. The topological polar surface area (TPSA) is 85.7 Å². The quantitative estimate of drug-likeness (QED) is 0.380. The van der Waals surface area contributed by atoms with E-state index in [1.807, 2.05) is 45.4 Å². The van der Waals surface area contributed by atoms with Crippen LogP contribution in [0.2, 0.25) is 25.7 Å². The number of nitrogens with zero attached hydrogens (tertiary/aromatic N) is 3. The lowest BCUT2D eigenvalue weighted by Crippen LogP contribution is -2.44. The fraction of sp³-hybridized carbons (Fsp3) is 0.679. The van der Waals surface area contributed by atoms with Crippen molar-refractivity contribution in [3.63, 3.8) is 0 Å². The first-order valence-corrected chi connectivity index (χ1v) is 17.1. The molecule has 1 aromatic carbocycles. The van der Waals surface area contributed by atoms with Crippen LogP contribution in [0.25, 0.3) is 10.9 Å². The molecule has 2 amide bonds. The van der Waals surface area contributed by atoms with Crippen LogP contribution in [-0.4, -0.2) is 60.1 Å². The van der Waals surface area contributed by atoms with Gasteiger partial charge in [-0.2, -0.15) is 5.10 Å². The van der Waals surface area contributed by atoms with E-state index in [2.05, 4.69) is 44.0 Å². The third-order valence-electron chi connectivity index (χ3n) is 7.36. The van der Waals surface area contributed by atoms with Crippen LogP contribution in [-0.2, 0) is 26.5 Å². The first-order valence-electron chi connectivity index (χ1n) is 13.4. The van der Waals surface area contributed by atoms with E-state index in [-0.39, 0.29) is 29.8 Å². The minimum absolute atomic E-state index is 0.0329. The molecule has 1 aliphatic carbocycles. The largest absolute Gasteiger partial charge is 0.444 e. The van der Waals surface area contributed by atoms with Crippen LogP contribution >= 0.6 is 0 Å². The summed E-state index contributed by atoms with van der Waals surface area (Å²) in [5, 5.41) is 9.26. The molecule has 2 heterocycles. The minimum Gasteiger partial charge on any atom is -0.444 e. The average molecular weight is 529 g/mol. The van der Waals surface area contributed by atoms with Gasteiger partial charge in [0.05, 0.1) is 16.7 Å². The van der Waals surface area contributed by atoms with Gasteiger partial charge < -0.3 is 19.7 Å². The number of aromatic nitrogens is 2. The second-order valence-electron chi connectivity index (χ2n) is 13.5. The highest BCUT2D eigenvalue weighted by Crippen LogP contribution is 2.52. The van der Waals surface area contributed by atoms with E-state index in [4.69, 9.17) is 14.6 Å². The molecule has 9 heteroatoms. The van der Waals surface area contributed by atoms with Gasteiger partial charge in [0.2, 0.25) is 5.91 Å². The lowest BCUT2D eigenvalue weighted by atomic mass is 9.96. The van der Waals surface area contributed by atoms with Gasteiger partial charge in [0.15, 0.2) is 0 Å². The van der Waals surface area contributed by atoms with Gasteiger partial charge in [-0.15, -0.1) is 0 Å². The number of aryl methyl sites for hydroxylation is 1. The van der Waals surface area contributed by atoms with Crippen molar-refractivity contribution in [3.05, 3.63) is 29.5 Å². The van der Waals surface area contributed by atoms with Crippen molar-refractivity contribution in [1.82, 2.24) is 20.0 Å². The Kier molecular flexibility index (Phi) is 7.27. The number of hydrogen-bond donors (Lipinski definition) is 1.